The van der Waals surface area contributed by atoms with Crippen LogP contribution >= 0.6 is 0 Å². The van der Waals surface area contributed by atoms with E-state index < -0.39 is 5.97 Å². The van der Waals surface area contributed by atoms with Crippen molar-refractivity contribution in [2.24, 2.45) is 5.92 Å². The number of carbonyl (C=O) groups is 2. The number of aromatic carboxylic acids is 1. The van der Waals surface area contributed by atoms with Gasteiger partial charge in [-0.3, -0.25) is 9.69 Å². The van der Waals surface area contributed by atoms with Crippen LogP contribution in [0.4, 0.5) is 0 Å². The highest BCUT2D eigenvalue weighted by Gasteiger charge is 2.25. The molecule has 26 heavy (non-hydrogen) atoms. The summed E-state index contributed by atoms with van der Waals surface area (Å²) in [5, 5.41) is 11.9. The van der Waals surface area contributed by atoms with Crippen molar-refractivity contribution in [1.29, 1.82) is 0 Å². The molecule has 1 amide bonds. The number of carbonyl (C=O) groups excluding carboxylic acids is 1. The Morgan fingerprint density at radius 1 is 1.04 bits per heavy atom. The fraction of sp³-hybridized carbons (Fsp3) is 0.333. The lowest BCUT2D eigenvalue weighted by molar-refractivity contribution is -0.126. The first-order chi connectivity index (χ1) is 12.6. The maximum absolute atomic E-state index is 12.5. The SMILES string of the molecule is O=C(O)c1ccc(CNC(=O)C2CCCN(Cc3ccccc3)C2)cc1. The van der Waals surface area contributed by atoms with Crippen molar-refractivity contribution in [3.63, 3.8) is 0 Å². The molecule has 1 saturated heterocycles. The second-order valence-electron chi connectivity index (χ2n) is 6.78. The number of rotatable bonds is 6. The van der Waals surface area contributed by atoms with Gasteiger partial charge in [-0.25, -0.2) is 4.79 Å². The molecule has 1 atom stereocenters. The molecule has 1 aliphatic heterocycles. The van der Waals surface area contributed by atoms with Crippen LogP contribution in [0.2, 0.25) is 0 Å². The molecule has 1 fully saturated rings. The summed E-state index contributed by atoms with van der Waals surface area (Å²) in [6, 6.07) is 16.9. The minimum absolute atomic E-state index is 0.00533. The predicted octanol–water partition coefficient (Wildman–Crippen LogP) is 2.91. The van der Waals surface area contributed by atoms with Crippen LogP contribution in [0.1, 0.15) is 34.3 Å². The molecule has 1 aliphatic rings. The van der Waals surface area contributed by atoms with Crippen molar-refractivity contribution in [1.82, 2.24) is 10.2 Å². The van der Waals surface area contributed by atoms with E-state index in [4.69, 9.17) is 5.11 Å². The summed E-state index contributed by atoms with van der Waals surface area (Å²) in [4.78, 5) is 25.7. The number of benzene rings is 2. The number of likely N-dealkylation sites (tertiary alicyclic amines) is 1. The van der Waals surface area contributed by atoms with E-state index in [1.165, 1.54) is 5.56 Å². The van der Waals surface area contributed by atoms with Crippen LogP contribution in [0.15, 0.2) is 54.6 Å². The van der Waals surface area contributed by atoms with Crippen molar-refractivity contribution in [2.45, 2.75) is 25.9 Å². The number of carboxylic acid groups (broad SMARTS) is 1. The summed E-state index contributed by atoms with van der Waals surface area (Å²) in [7, 11) is 0. The zero-order chi connectivity index (χ0) is 18.4. The van der Waals surface area contributed by atoms with Crippen molar-refractivity contribution >= 4 is 11.9 Å². The average Bonchev–Trinajstić information content (AvgIpc) is 2.67. The molecular weight excluding hydrogens is 328 g/mol. The van der Waals surface area contributed by atoms with Gasteiger partial charge in [-0.15, -0.1) is 0 Å². The average molecular weight is 352 g/mol. The minimum Gasteiger partial charge on any atom is -0.478 e. The first kappa shape index (κ1) is 18.1. The standard InChI is InChI=1S/C21H24N2O3/c24-20(22-13-16-8-10-18(11-9-16)21(25)26)19-7-4-12-23(15-19)14-17-5-2-1-3-6-17/h1-3,5-6,8-11,19H,4,7,12-15H2,(H,22,24)(H,25,26). The van der Waals surface area contributed by atoms with Gasteiger partial charge in [0.2, 0.25) is 5.91 Å². The Morgan fingerprint density at radius 3 is 2.46 bits per heavy atom. The third-order valence-electron chi connectivity index (χ3n) is 4.79. The molecule has 2 aromatic carbocycles. The Labute approximate surface area is 153 Å². The molecule has 2 aromatic rings. The van der Waals surface area contributed by atoms with Crippen LogP contribution in [-0.2, 0) is 17.9 Å². The van der Waals surface area contributed by atoms with Crippen molar-refractivity contribution < 1.29 is 14.7 Å². The van der Waals surface area contributed by atoms with Gasteiger partial charge in [0.15, 0.2) is 0 Å². The first-order valence-corrected chi connectivity index (χ1v) is 8.98. The van der Waals surface area contributed by atoms with Crippen LogP contribution in [0.5, 0.6) is 0 Å². The quantitative estimate of drug-likeness (QED) is 0.839. The largest absolute Gasteiger partial charge is 0.478 e. The Kier molecular flexibility index (Phi) is 6.02. The van der Waals surface area contributed by atoms with Gasteiger partial charge in [0.1, 0.15) is 0 Å². The maximum Gasteiger partial charge on any atom is 0.335 e. The van der Waals surface area contributed by atoms with Gasteiger partial charge in [0.05, 0.1) is 11.5 Å². The third kappa shape index (κ3) is 4.92. The van der Waals surface area contributed by atoms with E-state index in [9.17, 15) is 9.59 Å². The number of hydrogen-bond acceptors (Lipinski definition) is 3. The van der Waals surface area contributed by atoms with Crippen LogP contribution in [0.3, 0.4) is 0 Å². The van der Waals surface area contributed by atoms with E-state index in [1.807, 2.05) is 18.2 Å². The molecule has 136 valence electrons. The van der Waals surface area contributed by atoms with E-state index in [1.54, 1.807) is 24.3 Å². The molecule has 3 rings (SSSR count). The first-order valence-electron chi connectivity index (χ1n) is 8.98. The molecule has 0 radical (unpaired) electrons. The monoisotopic (exact) mass is 352 g/mol. The number of piperidine rings is 1. The lowest BCUT2D eigenvalue weighted by Crippen LogP contribution is -2.42. The van der Waals surface area contributed by atoms with Crippen molar-refractivity contribution in [3.05, 3.63) is 71.3 Å². The van der Waals surface area contributed by atoms with Crippen molar-refractivity contribution in [2.75, 3.05) is 13.1 Å². The molecule has 0 aliphatic carbocycles. The lowest BCUT2D eigenvalue weighted by atomic mass is 9.96. The summed E-state index contributed by atoms with van der Waals surface area (Å²) in [5.41, 5.74) is 2.43. The zero-order valence-electron chi connectivity index (χ0n) is 14.7. The minimum atomic E-state index is -0.943. The Morgan fingerprint density at radius 2 is 1.77 bits per heavy atom. The Hall–Kier alpha value is -2.66. The molecule has 5 heteroatoms. The molecule has 5 nitrogen and oxygen atoms in total. The Bertz CT molecular complexity index is 744. The summed E-state index contributed by atoms with van der Waals surface area (Å²) in [5.74, 6) is -0.864. The fourth-order valence-electron chi connectivity index (χ4n) is 3.35. The molecule has 0 spiro atoms. The van der Waals surface area contributed by atoms with Gasteiger partial charge >= 0.3 is 5.97 Å². The number of nitrogens with one attached hydrogen (secondary N) is 1. The normalized spacial score (nSPS) is 17.6. The predicted molar refractivity (Wildman–Crippen MR) is 99.7 cm³/mol. The van der Waals surface area contributed by atoms with Crippen LogP contribution in [0, 0.1) is 5.92 Å². The van der Waals surface area contributed by atoms with Gasteiger partial charge in [-0.05, 0) is 42.6 Å². The lowest BCUT2D eigenvalue weighted by Gasteiger charge is -2.32. The highest BCUT2D eigenvalue weighted by atomic mass is 16.4. The molecule has 0 saturated carbocycles. The van der Waals surface area contributed by atoms with Crippen LogP contribution in [-0.4, -0.2) is 35.0 Å². The molecule has 1 unspecified atom stereocenters. The van der Waals surface area contributed by atoms with E-state index in [-0.39, 0.29) is 17.4 Å². The van der Waals surface area contributed by atoms with Crippen LogP contribution < -0.4 is 5.32 Å². The van der Waals surface area contributed by atoms with Gasteiger partial charge in [0, 0.05) is 19.6 Å². The van der Waals surface area contributed by atoms with E-state index in [0.717, 1.165) is 38.0 Å². The Balaban J connectivity index is 1.50. The van der Waals surface area contributed by atoms with Crippen molar-refractivity contribution in [3.8, 4) is 0 Å². The maximum atomic E-state index is 12.5. The van der Waals surface area contributed by atoms with E-state index >= 15 is 0 Å². The van der Waals surface area contributed by atoms with E-state index in [0.29, 0.717) is 6.54 Å². The molecule has 0 aromatic heterocycles. The topological polar surface area (TPSA) is 69.6 Å². The van der Waals surface area contributed by atoms with Gasteiger partial charge in [0.25, 0.3) is 0 Å². The highest BCUT2D eigenvalue weighted by molar-refractivity contribution is 5.87. The molecule has 1 heterocycles. The van der Waals surface area contributed by atoms with Crippen LogP contribution in [0.25, 0.3) is 0 Å². The van der Waals surface area contributed by atoms with Gasteiger partial charge < -0.3 is 10.4 Å². The highest BCUT2D eigenvalue weighted by Crippen LogP contribution is 2.19. The summed E-state index contributed by atoms with van der Waals surface area (Å²) < 4.78 is 0. The second-order valence-corrected chi connectivity index (χ2v) is 6.78. The zero-order valence-corrected chi connectivity index (χ0v) is 14.7. The summed E-state index contributed by atoms with van der Waals surface area (Å²) in [6.07, 6.45) is 1.94. The van der Waals surface area contributed by atoms with E-state index in [2.05, 4.69) is 22.3 Å². The third-order valence-corrected chi connectivity index (χ3v) is 4.79. The second kappa shape index (κ2) is 8.63. The number of carboxylic acids is 1. The number of amides is 1. The fourth-order valence-corrected chi connectivity index (χ4v) is 3.35. The summed E-state index contributed by atoms with van der Waals surface area (Å²) >= 11 is 0. The van der Waals surface area contributed by atoms with Gasteiger partial charge in [-0.1, -0.05) is 42.5 Å². The molecular formula is C21H24N2O3. The van der Waals surface area contributed by atoms with Gasteiger partial charge in [-0.2, -0.15) is 0 Å². The molecule has 0 bridgehead atoms. The molecule has 2 N–H and O–H groups in total. The number of nitrogens with zero attached hydrogens (tertiary/aromatic N) is 1. The number of hydrogen-bond donors (Lipinski definition) is 2. The smallest absolute Gasteiger partial charge is 0.335 e. The summed E-state index contributed by atoms with van der Waals surface area (Å²) in [6.45, 7) is 3.10.